The Bertz CT molecular complexity index is 1450. The molecule has 0 spiro atoms. The minimum absolute atomic E-state index is 0.0187. The number of nitrogens with zero attached hydrogens (tertiary/aromatic N) is 2. The third-order valence-electron chi connectivity index (χ3n) is 4.13. The summed E-state index contributed by atoms with van der Waals surface area (Å²) in [7, 11) is -3.98. The smallest absolute Gasteiger partial charge is 0.269 e. The van der Waals surface area contributed by atoms with Crippen molar-refractivity contribution in [1.82, 2.24) is 4.98 Å². The standard InChI is InChI=1S/C18H9ClFN3O5S3/c19-15-12-6-1-9(20)7-13(12)29-16(15)17(24)22-18-21-8-14(30-18)31(27,28)11-4-2-10(3-5-11)23(25)26/h1-8H,(H,21,22,24). The van der Waals surface area contributed by atoms with Crippen molar-refractivity contribution in [2.24, 2.45) is 0 Å². The Morgan fingerprint density at radius 2 is 1.87 bits per heavy atom. The van der Waals surface area contributed by atoms with Crippen LogP contribution in [0.1, 0.15) is 9.67 Å². The van der Waals surface area contributed by atoms with Crippen molar-refractivity contribution in [2.75, 3.05) is 5.32 Å². The van der Waals surface area contributed by atoms with Crippen molar-refractivity contribution in [3.8, 4) is 0 Å². The van der Waals surface area contributed by atoms with Gasteiger partial charge in [0.1, 0.15) is 14.9 Å². The van der Waals surface area contributed by atoms with Crippen molar-refractivity contribution < 1.29 is 22.5 Å². The molecule has 0 radical (unpaired) electrons. The van der Waals surface area contributed by atoms with Gasteiger partial charge in [0.15, 0.2) is 5.13 Å². The highest BCUT2D eigenvalue weighted by Gasteiger charge is 2.24. The van der Waals surface area contributed by atoms with Crippen LogP contribution in [0.2, 0.25) is 5.02 Å². The average Bonchev–Trinajstić information content (AvgIpc) is 3.33. The molecule has 2 aromatic heterocycles. The number of sulfone groups is 1. The lowest BCUT2D eigenvalue weighted by Gasteiger charge is -2.01. The van der Waals surface area contributed by atoms with Gasteiger partial charge in [0.2, 0.25) is 9.84 Å². The number of thiophene rings is 1. The molecule has 1 amide bonds. The second kappa shape index (κ2) is 7.96. The van der Waals surface area contributed by atoms with Gasteiger partial charge in [-0.25, -0.2) is 17.8 Å². The van der Waals surface area contributed by atoms with Crippen LogP contribution in [0.5, 0.6) is 0 Å². The minimum Gasteiger partial charge on any atom is -0.297 e. The monoisotopic (exact) mass is 497 g/mol. The maximum absolute atomic E-state index is 13.4. The Balaban J connectivity index is 1.58. The minimum atomic E-state index is -3.98. The van der Waals surface area contributed by atoms with Crippen LogP contribution in [0, 0.1) is 15.9 Å². The van der Waals surface area contributed by atoms with Crippen LogP contribution in [0.4, 0.5) is 15.2 Å². The number of nitro groups is 1. The summed E-state index contributed by atoms with van der Waals surface area (Å²) in [6.07, 6.45) is 1.08. The molecule has 0 unspecified atom stereocenters. The Kier molecular flexibility index (Phi) is 5.47. The molecule has 0 aliphatic carbocycles. The number of amides is 1. The summed E-state index contributed by atoms with van der Waals surface area (Å²) in [5.41, 5.74) is -0.240. The van der Waals surface area contributed by atoms with E-state index in [-0.39, 0.29) is 29.8 Å². The van der Waals surface area contributed by atoms with E-state index in [0.29, 0.717) is 10.1 Å². The summed E-state index contributed by atoms with van der Waals surface area (Å²) >= 11 is 7.95. The fourth-order valence-corrected chi connectivity index (χ4v) is 6.51. The zero-order valence-corrected chi connectivity index (χ0v) is 18.2. The fourth-order valence-electron chi connectivity index (χ4n) is 2.64. The number of thiazole rings is 1. The molecule has 1 N–H and O–H groups in total. The molecule has 0 saturated heterocycles. The molecule has 0 fully saturated rings. The topological polar surface area (TPSA) is 119 Å². The lowest BCUT2D eigenvalue weighted by molar-refractivity contribution is -0.384. The Hall–Kier alpha value is -2.93. The van der Waals surface area contributed by atoms with Gasteiger partial charge in [-0.1, -0.05) is 22.9 Å². The number of nitro benzene ring substituents is 1. The van der Waals surface area contributed by atoms with E-state index in [0.717, 1.165) is 53.1 Å². The highest BCUT2D eigenvalue weighted by Crippen LogP contribution is 2.37. The van der Waals surface area contributed by atoms with Gasteiger partial charge in [0, 0.05) is 22.2 Å². The number of rotatable bonds is 5. The number of non-ortho nitro benzene ring substituents is 1. The largest absolute Gasteiger partial charge is 0.297 e. The number of nitrogens with one attached hydrogen (secondary N) is 1. The molecule has 4 rings (SSSR count). The van der Waals surface area contributed by atoms with E-state index in [2.05, 4.69) is 10.3 Å². The molecule has 13 heteroatoms. The number of carbonyl (C=O) groups is 1. The molecule has 0 aliphatic rings. The number of benzene rings is 2. The number of hydrogen-bond donors (Lipinski definition) is 1. The first-order chi connectivity index (χ1) is 14.7. The van der Waals surface area contributed by atoms with Gasteiger partial charge in [0.05, 0.1) is 21.0 Å². The van der Waals surface area contributed by atoms with Crippen LogP contribution in [0.3, 0.4) is 0 Å². The zero-order chi connectivity index (χ0) is 22.3. The predicted octanol–water partition coefficient (Wildman–Crippen LogP) is 5.14. The second-order valence-corrected chi connectivity index (χ2v) is 10.7. The normalized spacial score (nSPS) is 11.5. The third kappa shape index (κ3) is 4.02. The summed E-state index contributed by atoms with van der Waals surface area (Å²) in [5.74, 6) is -1.07. The first-order valence-electron chi connectivity index (χ1n) is 8.31. The molecule has 2 aromatic carbocycles. The van der Waals surface area contributed by atoms with Crippen LogP contribution in [0.15, 0.2) is 57.8 Å². The van der Waals surface area contributed by atoms with Crippen LogP contribution in [-0.2, 0) is 9.84 Å². The Labute approximate surface area is 187 Å². The highest BCUT2D eigenvalue weighted by atomic mass is 35.5. The number of anilines is 1. The summed E-state index contributed by atoms with van der Waals surface area (Å²) < 4.78 is 39.2. The molecule has 0 aliphatic heterocycles. The molecule has 8 nitrogen and oxygen atoms in total. The van der Waals surface area contributed by atoms with E-state index in [1.807, 2.05) is 0 Å². The number of fused-ring (bicyclic) bond motifs is 1. The van der Waals surface area contributed by atoms with Gasteiger partial charge in [0.25, 0.3) is 11.6 Å². The molecule has 0 saturated carbocycles. The maximum Gasteiger partial charge on any atom is 0.269 e. The summed E-state index contributed by atoms with van der Waals surface area (Å²) in [6.45, 7) is 0. The summed E-state index contributed by atoms with van der Waals surface area (Å²) in [5, 5.41) is 13.9. The van der Waals surface area contributed by atoms with Crippen molar-refractivity contribution >= 4 is 70.9 Å². The van der Waals surface area contributed by atoms with Gasteiger partial charge in [-0.2, -0.15) is 0 Å². The van der Waals surface area contributed by atoms with Gasteiger partial charge < -0.3 is 0 Å². The SMILES string of the molecule is O=C(Nc1ncc(S(=O)(=O)c2ccc([N+](=O)[O-])cc2)s1)c1sc2cc(F)ccc2c1Cl. The lowest BCUT2D eigenvalue weighted by atomic mass is 10.2. The number of halogens is 2. The van der Waals surface area contributed by atoms with Crippen molar-refractivity contribution in [3.05, 3.63) is 74.5 Å². The Morgan fingerprint density at radius 1 is 1.16 bits per heavy atom. The van der Waals surface area contributed by atoms with Crippen LogP contribution in [0.25, 0.3) is 10.1 Å². The molecule has 31 heavy (non-hydrogen) atoms. The van der Waals surface area contributed by atoms with Crippen molar-refractivity contribution in [2.45, 2.75) is 9.10 Å². The first kappa shape index (κ1) is 21.3. The molecular weight excluding hydrogens is 489 g/mol. The van der Waals surface area contributed by atoms with E-state index in [1.165, 1.54) is 18.2 Å². The van der Waals surface area contributed by atoms with Gasteiger partial charge in [-0.3, -0.25) is 20.2 Å². The van der Waals surface area contributed by atoms with Crippen molar-refractivity contribution in [1.29, 1.82) is 0 Å². The van der Waals surface area contributed by atoms with Gasteiger partial charge in [-0.15, -0.1) is 11.3 Å². The first-order valence-corrected chi connectivity index (χ1v) is 11.8. The number of aromatic nitrogens is 1. The molecule has 4 aromatic rings. The van der Waals surface area contributed by atoms with Crippen LogP contribution >= 0.6 is 34.3 Å². The fraction of sp³-hybridized carbons (Fsp3) is 0. The number of carbonyl (C=O) groups excluding carboxylic acids is 1. The number of hydrogen-bond acceptors (Lipinski definition) is 8. The highest BCUT2D eigenvalue weighted by molar-refractivity contribution is 7.93. The molecular formula is C18H9ClFN3O5S3. The lowest BCUT2D eigenvalue weighted by Crippen LogP contribution is -2.10. The van der Waals surface area contributed by atoms with E-state index in [9.17, 15) is 27.7 Å². The maximum atomic E-state index is 13.4. The summed E-state index contributed by atoms with van der Waals surface area (Å²) in [6, 6.07) is 8.40. The Morgan fingerprint density at radius 3 is 2.55 bits per heavy atom. The molecule has 158 valence electrons. The summed E-state index contributed by atoms with van der Waals surface area (Å²) in [4.78, 5) is 26.6. The van der Waals surface area contributed by atoms with Gasteiger partial charge >= 0.3 is 0 Å². The predicted molar refractivity (Wildman–Crippen MR) is 115 cm³/mol. The van der Waals surface area contributed by atoms with Crippen LogP contribution < -0.4 is 5.32 Å². The molecule has 2 heterocycles. The van der Waals surface area contributed by atoms with Gasteiger partial charge in [-0.05, 0) is 30.3 Å². The van der Waals surface area contributed by atoms with E-state index < -0.39 is 26.5 Å². The quantitative estimate of drug-likeness (QED) is 0.301. The van der Waals surface area contributed by atoms with Crippen molar-refractivity contribution in [3.63, 3.8) is 0 Å². The zero-order valence-electron chi connectivity index (χ0n) is 15.0. The average molecular weight is 498 g/mol. The molecule has 0 bridgehead atoms. The third-order valence-corrected chi connectivity index (χ3v) is 8.92. The van der Waals surface area contributed by atoms with E-state index in [4.69, 9.17) is 11.6 Å². The molecule has 0 atom stereocenters. The second-order valence-electron chi connectivity index (χ2n) is 6.08. The van der Waals surface area contributed by atoms with E-state index in [1.54, 1.807) is 0 Å². The van der Waals surface area contributed by atoms with Crippen LogP contribution in [-0.4, -0.2) is 24.2 Å². The van der Waals surface area contributed by atoms with E-state index >= 15 is 0 Å².